The third-order valence-electron chi connectivity index (χ3n) is 2.20. The van der Waals surface area contributed by atoms with E-state index in [1.165, 1.54) is 0 Å². The lowest BCUT2D eigenvalue weighted by Crippen LogP contribution is -2.22. The van der Waals surface area contributed by atoms with Crippen molar-refractivity contribution in [2.24, 2.45) is 5.10 Å². The first-order valence-corrected chi connectivity index (χ1v) is 5.72. The predicted molar refractivity (Wildman–Crippen MR) is 59.1 cm³/mol. The molecular weight excluding hydrogens is 212 g/mol. The summed E-state index contributed by atoms with van der Waals surface area (Å²) in [5.74, 6) is -0.273. The Hall–Kier alpha value is -1.36. The summed E-state index contributed by atoms with van der Waals surface area (Å²) >= 11 is 1.63. The summed E-state index contributed by atoms with van der Waals surface area (Å²) in [6, 6.07) is 3.98. The molecule has 80 valence electrons. The Balaban J connectivity index is 2.15. The highest BCUT2D eigenvalue weighted by Gasteiger charge is 2.30. The zero-order chi connectivity index (χ0) is 10.7. The van der Waals surface area contributed by atoms with Crippen molar-refractivity contribution in [2.45, 2.75) is 12.8 Å². The fourth-order valence-electron chi connectivity index (χ4n) is 1.51. The number of hydrogen-bond acceptors (Lipinski definition) is 5. The highest BCUT2D eigenvalue weighted by molar-refractivity contribution is 7.10. The van der Waals surface area contributed by atoms with Crippen LogP contribution in [0.3, 0.4) is 0 Å². The molecule has 5 heteroatoms. The zero-order valence-electron chi connectivity index (χ0n) is 8.40. The molecule has 2 rings (SSSR count). The highest BCUT2D eigenvalue weighted by atomic mass is 32.1. The molecule has 1 unspecified atom stereocenters. The molecule has 0 spiro atoms. The van der Waals surface area contributed by atoms with Crippen LogP contribution in [0.4, 0.5) is 0 Å². The third-order valence-corrected chi connectivity index (χ3v) is 3.18. The van der Waals surface area contributed by atoms with E-state index >= 15 is 0 Å². The van der Waals surface area contributed by atoms with Crippen molar-refractivity contribution in [3.05, 3.63) is 22.4 Å². The summed E-state index contributed by atoms with van der Waals surface area (Å²) < 4.78 is 4.95. The lowest BCUT2D eigenvalue weighted by molar-refractivity contribution is -0.135. The number of nitrogens with zero attached hydrogens (tertiary/aromatic N) is 1. The fraction of sp³-hybridized carbons (Fsp3) is 0.400. The number of esters is 1. The SMILES string of the molecule is CCOC(=O)C1=NNCC1c1cccs1. The number of rotatable bonds is 3. The van der Waals surface area contributed by atoms with Crippen molar-refractivity contribution in [1.82, 2.24) is 5.43 Å². The molecule has 15 heavy (non-hydrogen) atoms. The number of carbonyl (C=O) groups excluding carboxylic acids is 1. The first-order chi connectivity index (χ1) is 7.33. The Morgan fingerprint density at radius 3 is 3.33 bits per heavy atom. The van der Waals surface area contributed by atoms with E-state index in [4.69, 9.17) is 4.74 Å². The van der Waals surface area contributed by atoms with Crippen molar-refractivity contribution in [3.63, 3.8) is 0 Å². The van der Waals surface area contributed by atoms with Gasteiger partial charge in [-0.05, 0) is 18.4 Å². The van der Waals surface area contributed by atoms with Crippen molar-refractivity contribution < 1.29 is 9.53 Å². The van der Waals surface area contributed by atoms with Gasteiger partial charge in [0.1, 0.15) is 0 Å². The Labute approximate surface area is 91.9 Å². The van der Waals surface area contributed by atoms with E-state index in [0.29, 0.717) is 18.9 Å². The highest BCUT2D eigenvalue weighted by Crippen LogP contribution is 2.25. The fourth-order valence-corrected chi connectivity index (χ4v) is 2.35. The Morgan fingerprint density at radius 2 is 2.67 bits per heavy atom. The first-order valence-electron chi connectivity index (χ1n) is 4.84. The third kappa shape index (κ3) is 2.02. The van der Waals surface area contributed by atoms with Gasteiger partial charge >= 0.3 is 5.97 Å². The molecule has 0 aromatic carbocycles. The molecule has 0 saturated carbocycles. The van der Waals surface area contributed by atoms with E-state index in [-0.39, 0.29) is 11.9 Å². The molecule has 0 bridgehead atoms. The monoisotopic (exact) mass is 224 g/mol. The minimum absolute atomic E-state index is 0.0454. The summed E-state index contributed by atoms with van der Waals surface area (Å²) in [5.41, 5.74) is 3.33. The Morgan fingerprint density at radius 1 is 1.80 bits per heavy atom. The second kappa shape index (κ2) is 4.44. The summed E-state index contributed by atoms with van der Waals surface area (Å²) in [4.78, 5) is 12.7. The molecule has 1 N–H and O–H groups in total. The Kier molecular flexibility index (Phi) is 3.01. The topological polar surface area (TPSA) is 50.7 Å². The van der Waals surface area contributed by atoms with Crippen LogP contribution < -0.4 is 5.43 Å². The molecule has 1 atom stereocenters. The summed E-state index contributed by atoms with van der Waals surface area (Å²) in [6.07, 6.45) is 0. The van der Waals surface area contributed by atoms with Gasteiger partial charge in [0.25, 0.3) is 0 Å². The molecule has 0 fully saturated rings. The van der Waals surface area contributed by atoms with Gasteiger partial charge in [-0.25, -0.2) is 4.79 Å². The minimum Gasteiger partial charge on any atom is -0.461 e. The average Bonchev–Trinajstić information content (AvgIpc) is 2.88. The van der Waals surface area contributed by atoms with Gasteiger partial charge in [0, 0.05) is 11.4 Å². The molecule has 1 aliphatic rings. The van der Waals surface area contributed by atoms with Crippen molar-refractivity contribution in [3.8, 4) is 0 Å². The summed E-state index contributed by atoms with van der Waals surface area (Å²) in [7, 11) is 0. The molecule has 4 nitrogen and oxygen atoms in total. The van der Waals surface area contributed by atoms with Gasteiger partial charge in [0.15, 0.2) is 5.71 Å². The van der Waals surface area contributed by atoms with E-state index < -0.39 is 0 Å². The molecule has 1 aromatic rings. The second-order valence-electron chi connectivity index (χ2n) is 3.15. The van der Waals surface area contributed by atoms with Crippen LogP contribution in [0.2, 0.25) is 0 Å². The number of thiophene rings is 1. The molecule has 0 radical (unpaired) electrons. The van der Waals surface area contributed by atoms with Gasteiger partial charge in [-0.15, -0.1) is 11.3 Å². The number of hydrazone groups is 1. The molecule has 2 heterocycles. The molecule has 0 saturated heterocycles. The second-order valence-corrected chi connectivity index (χ2v) is 4.13. The molecular formula is C10H12N2O2S. The maximum atomic E-state index is 11.6. The minimum atomic E-state index is -0.319. The number of ether oxygens (including phenoxy) is 1. The van der Waals surface area contributed by atoms with Crippen LogP contribution in [0, 0.1) is 0 Å². The maximum absolute atomic E-state index is 11.6. The van der Waals surface area contributed by atoms with Crippen molar-refractivity contribution >= 4 is 23.0 Å². The van der Waals surface area contributed by atoms with Gasteiger partial charge < -0.3 is 10.2 Å². The van der Waals surface area contributed by atoms with Crippen LogP contribution in [0.15, 0.2) is 22.6 Å². The van der Waals surface area contributed by atoms with Gasteiger partial charge in [-0.3, -0.25) is 0 Å². The number of carbonyl (C=O) groups is 1. The standard InChI is InChI=1S/C10H12N2O2S/c1-2-14-10(13)9-7(6-11-12-9)8-4-3-5-15-8/h3-5,7,11H,2,6H2,1H3. The summed E-state index contributed by atoms with van der Waals surface area (Å²) in [6.45, 7) is 2.85. The Bertz CT molecular complexity index is 373. The molecule has 1 aliphatic heterocycles. The van der Waals surface area contributed by atoms with E-state index in [2.05, 4.69) is 10.5 Å². The predicted octanol–water partition coefficient (Wildman–Crippen LogP) is 1.35. The van der Waals surface area contributed by atoms with Crippen LogP contribution in [-0.4, -0.2) is 24.8 Å². The van der Waals surface area contributed by atoms with Gasteiger partial charge in [-0.1, -0.05) is 6.07 Å². The zero-order valence-corrected chi connectivity index (χ0v) is 9.21. The molecule has 1 aromatic heterocycles. The normalized spacial score (nSPS) is 19.5. The molecule has 0 aliphatic carbocycles. The smallest absolute Gasteiger partial charge is 0.355 e. The first kappa shape index (κ1) is 10.2. The van der Waals surface area contributed by atoms with E-state index in [1.54, 1.807) is 18.3 Å². The van der Waals surface area contributed by atoms with E-state index in [9.17, 15) is 4.79 Å². The number of nitrogens with one attached hydrogen (secondary N) is 1. The maximum Gasteiger partial charge on any atom is 0.355 e. The quantitative estimate of drug-likeness (QED) is 0.788. The number of hydrogen-bond donors (Lipinski definition) is 1. The van der Waals surface area contributed by atoms with Crippen molar-refractivity contribution in [2.75, 3.05) is 13.2 Å². The van der Waals surface area contributed by atoms with Crippen LogP contribution in [0.5, 0.6) is 0 Å². The summed E-state index contributed by atoms with van der Waals surface area (Å²) in [5, 5.41) is 5.99. The lowest BCUT2D eigenvalue weighted by Gasteiger charge is -2.08. The van der Waals surface area contributed by atoms with Crippen molar-refractivity contribution in [1.29, 1.82) is 0 Å². The van der Waals surface area contributed by atoms with E-state index in [1.807, 2.05) is 17.5 Å². The average molecular weight is 224 g/mol. The van der Waals surface area contributed by atoms with Crippen LogP contribution in [0.25, 0.3) is 0 Å². The molecule has 0 amide bonds. The van der Waals surface area contributed by atoms with Gasteiger partial charge in [-0.2, -0.15) is 5.10 Å². The van der Waals surface area contributed by atoms with Gasteiger partial charge in [0.2, 0.25) is 0 Å². The van der Waals surface area contributed by atoms with Crippen LogP contribution in [0.1, 0.15) is 17.7 Å². The van der Waals surface area contributed by atoms with Crippen LogP contribution >= 0.6 is 11.3 Å². The largest absolute Gasteiger partial charge is 0.461 e. The van der Waals surface area contributed by atoms with E-state index in [0.717, 1.165) is 4.88 Å². The van der Waals surface area contributed by atoms with Gasteiger partial charge in [0.05, 0.1) is 12.5 Å². The van der Waals surface area contributed by atoms with Crippen LogP contribution in [-0.2, 0) is 9.53 Å². The lowest BCUT2D eigenvalue weighted by atomic mass is 10.0.